The van der Waals surface area contributed by atoms with Crippen LogP contribution in [0, 0.1) is 5.92 Å². The molecule has 6 heteroatoms. The summed E-state index contributed by atoms with van der Waals surface area (Å²) in [7, 11) is 0. The normalized spacial score (nSPS) is 23.7. The fourth-order valence-electron chi connectivity index (χ4n) is 5.00. The lowest BCUT2D eigenvalue weighted by Gasteiger charge is -2.23. The van der Waals surface area contributed by atoms with Crippen LogP contribution in [0.5, 0.6) is 0 Å². The maximum atomic E-state index is 12.0. The molecule has 29 heavy (non-hydrogen) atoms. The third kappa shape index (κ3) is 2.94. The Labute approximate surface area is 169 Å². The fourth-order valence-corrected chi connectivity index (χ4v) is 5.00. The van der Waals surface area contributed by atoms with Gasteiger partial charge in [-0.1, -0.05) is 18.2 Å². The molecule has 2 aliphatic heterocycles. The van der Waals surface area contributed by atoms with Crippen LogP contribution in [-0.2, 0) is 16.8 Å². The Kier molecular flexibility index (Phi) is 3.78. The first kappa shape index (κ1) is 17.2. The molecule has 1 aromatic carbocycles. The average Bonchev–Trinajstić information content (AvgIpc) is 3.25. The molecule has 1 atom stereocenters. The summed E-state index contributed by atoms with van der Waals surface area (Å²) in [5.41, 5.74) is 4.61. The van der Waals surface area contributed by atoms with Gasteiger partial charge >= 0.3 is 0 Å². The number of hydrogen-bond donors (Lipinski definition) is 1. The Hall–Kier alpha value is -2.73. The smallest absolute Gasteiger partial charge is 0.224 e. The highest BCUT2D eigenvalue weighted by Gasteiger charge is 2.45. The first-order chi connectivity index (χ1) is 14.2. The summed E-state index contributed by atoms with van der Waals surface area (Å²) in [6, 6.07) is 12.7. The maximum Gasteiger partial charge on any atom is 0.224 e. The van der Waals surface area contributed by atoms with E-state index in [2.05, 4.69) is 38.1 Å². The van der Waals surface area contributed by atoms with Gasteiger partial charge < -0.3 is 5.32 Å². The van der Waals surface area contributed by atoms with Crippen molar-refractivity contribution >= 4 is 16.8 Å². The second-order valence-electron chi connectivity index (χ2n) is 8.86. The van der Waals surface area contributed by atoms with E-state index in [9.17, 15) is 4.79 Å². The number of pyridine rings is 1. The van der Waals surface area contributed by atoms with Crippen LogP contribution < -0.4 is 5.32 Å². The van der Waals surface area contributed by atoms with Gasteiger partial charge in [-0.25, -0.2) is 0 Å². The fraction of sp³-hybridized carbons (Fsp3) is 0.435. The summed E-state index contributed by atoms with van der Waals surface area (Å²) in [5.74, 6) is 0.506. The molecule has 1 amide bonds. The number of likely N-dealkylation sites (tertiary alicyclic amines) is 1. The molecule has 2 aromatic heterocycles. The highest BCUT2D eigenvalue weighted by atomic mass is 16.2. The van der Waals surface area contributed by atoms with Crippen molar-refractivity contribution in [3.8, 4) is 11.3 Å². The molecule has 6 rings (SSSR count). The van der Waals surface area contributed by atoms with E-state index in [0.29, 0.717) is 6.67 Å². The van der Waals surface area contributed by atoms with E-state index in [1.807, 2.05) is 24.4 Å². The second kappa shape index (κ2) is 6.39. The van der Waals surface area contributed by atoms with Crippen molar-refractivity contribution in [3.63, 3.8) is 0 Å². The summed E-state index contributed by atoms with van der Waals surface area (Å²) in [4.78, 5) is 19.0. The Balaban J connectivity index is 1.23. The number of hydrogen-bond acceptors (Lipinski definition) is 4. The number of rotatable bonds is 4. The van der Waals surface area contributed by atoms with Gasteiger partial charge in [0.05, 0.1) is 17.9 Å². The molecule has 3 aromatic rings. The highest BCUT2D eigenvalue weighted by molar-refractivity contribution is 5.83. The zero-order valence-electron chi connectivity index (χ0n) is 16.5. The van der Waals surface area contributed by atoms with Crippen LogP contribution in [0.25, 0.3) is 22.2 Å². The summed E-state index contributed by atoms with van der Waals surface area (Å²) < 4.78 is 2.19. The van der Waals surface area contributed by atoms with Crippen molar-refractivity contribution < 1.29 is 4.79 Å². The largest absolute Gasteiger partial charge is 0.343 e. The average molecular weight is 387 g/mol. The second-order valence-corrected chi connectivity index (χ2v) is 8.86. The minimum atomic E-state index is 0.167. The molecule has 1 spiro atoms. The van der Waals surface area contributed by atoms with Gasteiger partial charge in [0.25, 0.3) is 0 Å². The predicted molar refractivity (Wildman–Crippen MR) is 111 cm³/mol. The van der Waals surface area contributed by atoms with Gasteiger partial charge in [0.2, 0.25) is 5.91 Å². The van der Waals surface area contributed by atoms with Gasteiger partial charge in [0.1, 0.15) is 0 Å². The molecule has 0 radical (unpaired) electrons. The summed E-state index contributed by atoms with van der Waals surface area (Å²) in [5, 5.41) is 9.17. The van der Waals surface area contributed by atoms with Crippen LogP contribution in [-0.4, -0.2) is 45.3 Å². The van der Waals surface area contributed by atoms with Crippen molar-refractivity contribution in [2.24, 2.45) is 5.92 Å². The third-order valence-electron chi connectivity index (χ3n) is 6.87. The van der Waals surface area contributed by atoms with Gasteiger partial charge in [0, 0.05) is 53.8 Å². The van der Waals surface area contributed by atoms with Gasteiger partial charge in [-0.2, -0.15) is 5.10 Å². The summed E-state index contributed by atoms with van der Waals surface area (Å²) in [6.45, 7) is 3.67. The summed E-state index contributed by atoms with van der Waals surface area (Å²) >= 11 is 0. The number of aromatic nitrogens is 3. The van der Waals surface area contributed by atoms with E-state index in [1.54, 1.807) is 0 Å². The Morgan fingerprint density at radius 1 is 1.17 bits per heavy atom. The van der Waals surface area contributed by atoms with E-state index >= 15 is 0 Å². The van der Waals surface area contributed by atoms with Crippen LogP contribution in [0.1, 0.15) is 31.4 Å². The maximum absolute atomic E-state index is 12.0. The minimum Gasteiger partial charge on any atom is -0.343 e. The van der Waals surface area contributed by atoms with Gasteiger partial charge in [-0.15, -0.1) is 0 Å². The Morgan fingerprint density at radius 2 is 2.03 bits per heavy atom. The molecular weight excluding hydrogens is 362 g/mol. The van der Waals surface area contributed by atoms with Crippen molar-refractivity contribution in [3.05, 3.63) is 48.3 Å². The molecule has 2 fully saturated rings. The lowest BCUT2D eigenvalue weighted by atomic mass is 9.82. The number of amides is 1. The quantitative estimate of drug-likeness (QED) is 0.748. The molecule has 1 N–H and O–H groups in total. The van der Waals surface area contributed by atoms with E-state index in [1.165, 1.54) is 5.69 Å². The molecule has 1 saturated heterocycles. The topological polar surface area (TPSA) is 63.1 Å². The first-order valence-corrected chi connectivity index (χ1v) is 10.6. The Bertz CT molecular complexity index is 1100. The molecule has 1 unspecified atom stereocenters. The van der Waals surface area contributed by atoms with Crippen LogP contribution in [0.2, 0.25) is 0 Å². The number of benzene rings is 1. The number of aryl methyl sites for hydroxylation is 1. The van der Waals surface area contributed by atoms with Crippen LogP contribution in [0.4, 0.5) is 0 Å². The molecule has 4 heterocycles. The van der Waals surface area contributed by atoms with E-state index in [4.69, 9.17) is 5.10 Å². The van der Waals surface area contributed by atoms with Crippen molar-refractivity contribution in [1.29, 1.82) is 0 Å². The number of fused-ring (bicyclic) bond motifs is 3. The van der Waals surface area contributed by atoms with Crippen LogP contribution in [0.15, 0.2) is 42.6 Å². The zero-order chi connectivity index (χ0) is 19.4. The zero-order valence-corrected chi connectivity index (χ0v) is 16.5. The first-order valence-electron chi connectivity index (χ1n) is 10.6. The van der Waals surface area contributed by atoms with Crippen LogP contribution in [0.3, 0.4) is 0 Å². The lowest BCUT2D eigenvalue weighted by molar-refractivity contribution is -0.122. The van der Waals surface area contributed by atoms with Crippen molar-refractivity contribution in [1.82, 2.24) is 25.0 Å². The van der Waals surface area contributed by atoms with Crippen molar-refractivity contribution in [2.45, 2.75) is 37.6 Å². The number of nitrogens with one attached hydrogen (secondary N) is 1. The predicted octanol–water partition coefficient (Wildman–Crippen LogP) is 2.93. The lowest BCUT2D eigenvalue weighted by Crippen LogP contribution is -2.38. The number of para-hydroxylation sites is 1. The van der Waals surface area contributed by atoms with Gasteiger partial charge in [0.15, 0.2) is 0 Å². The molecule has 3 aliphatic rings. The SMILES string of the molecule is O=C(NCN1CCC2(CCn3nc(-c4cnc5ccccc5c4)cc32)C1)C1CC1. The molecule has 148 valence electrons. The summed E-state index contributed by atoms with van der Waals surface area (Å²) in [6.07, 6.45) is 6.32. The van der Waals surface area contributed by atoms with E-state index < -0.39 is 0 Å². The van der Waals surface area contributed by atoms with E-state index in [0.717, 1.165) is 67.5 Å². The number of carbonyl (C=O) groups is 1. The monoisotopic (exact) mass is 387 g/mol. The molecule has 6 nitrogen and oxygen atoms in total. The van der Waals surface area contributed by atoms with Crippen LogP contribution >= 0.6 is 0 Å². The molecule has 1 aliphatic carbocycles. The van der Waals surface area contributed by atoms with Crippen molar-refractivity contribution in [2.75, 3.05) is 19.8 Å². The Morgan fingerprint density at radius 3 is 2.93 bits per heavy atom. The molecule has 1 saturated carbocycles. The minimum absolute atomic E-state index is 0.167. The number of carbonyl (C=O) groups excluding carboxylic acids is 1. The third-order valence-corrected chi connectivity index (χ3v) is 6.87. The van der Waals surface area contributed by atoms with E-state index in [-0.39, 0.29) is 17.2 Å². The standard InChI is InChI=1S/C23H25N5O/c29-22(16-5-6-16)25-15-27-9-7-23(14-27)8-10-28-21(23)12-20(26-28)18-11-17-3-1-2-4-19(17)24-13-18/h1-4,11-13,16H,5-10,14-15H2,(H,25,29). The number of nitrogens with zero attached hydrogens (tertiary/aromatic N) is 4. The van der Waals surface area contributed by atoms with Gasteiger partial charge in [-0.05, 0) is 43.9 Å². The van der Waals surface area contributed by atoms with Gasteiger partial charge in [-0.3, -0.25) is 19.4 Å². The molecule has 0 bridgehead atoms. The highest BCUT2D eigenvalue weighted by Crippen LogP contribution is 2.43. The molecular formula is C23H25N5O.